The molecule has 0 fully saturated rings. The van der Waals surface area contributed by atoms with Crippen molar-refractivity contribution in [1.82, 2.24) is 5.32 Å². The van der Waals surface area contributed by atoms with Gasteiger partial charge in [-0.3, -0.25) is 0 Å². The zero-order valence-electron chi connectivity index (χ0n) is 13.6. The largest absolute Gasteiger partial charge is 0.492 e. The van der Waals surface area contributed by atoms with Gasteiger partial charge in [-0.05, 0) is 61.7 Å². The summed E-state index contributed by atoms with van der Waals surface area (Å²) < 4.78 is 5.49. The molecule has 1 unspecified atom stereocenters. The van der Waals surface area contributed by atoms with Crippen molar-refractivity contribution in [2.75, 3.05) is 19.7 Å². The number of ether oxygens (including phenoxy) is 1. The number of benzene rings is 2. The van der Waals surface area contributed by atoms with Gasteiger partial charge in [-0.2, -0.15) is 0 Å². The average molecular weight is 333 g/mol. The molecule has 0 radical (unpaired) electrons. The summed E-state index contributed by atoms with van der Waals surface area (Å²) in [6.07, 6.45) is 1.98. The van der Waals surface area contributed by atoms with Crippen LogP contribution in [0.1, 0.15) is 18.1 Å². The third-order valence-corrected chi connectivity index (χ3v) is 3.88. The van der Waals surface area contributed by atoms with Crippen LogP contribution < -0.4 is 15.8 Å². The summed E-state index contributed by atoms with van der Waals surface area (Å²) in [5.74, 6) is 0.876. The molecular formula is C19H25ClN2O. The smallest absolute Gasteiger partial charge is 0.119 e. The Bertz CT molecular complexity index is 586. The van der Waals surface area contributed by atoms with Crippen LogP contribution in [-0.2, 0) is 12.8 Å². The highest BCUT2D eigenvalue weighted by molar-refractivity contribution is 6.30. The first-order valence-electron chi connectivity index (χ1n) is 8.07. The summed E-state index contributed by atoms with van der Waals surface area (Å²) in [6, 6.07) is 16.7. The van der Waals surface area contributed by atoms with Gasteiger partial charge in [0, 0.05) is 17.6 Å². The molecule has 0 aliphatic carbocycles. The van der Waals surface area contributed by atoms with Crippen molar-refractivity contribution in [2.24, 2.45) is 5.73 Å². The zero-order valence-corrected chi connectivity index (χ0v) is 14.4. The topological polar surface area (TPSA) is 47.3 Å². The van der Waals surface area contributed by atoms with E-state index in [1.807, 2.05) is 30.3 Å². The lowest BCUT2D eigenvalue weighted by molar-refractivity contribution is 0.328. The number of nitrogens with one attached hydrogen (secondary N) is 1. The fourth-order valence-electron chi connectivity index (χ4n) is 2.48. The van der Waals surface area contributed by atoms with Crippen LogP contribution in [-0.4, -0.2) is 25.7 Å². The molecule has 3 N–H and O–H groups in total. The SMILES string of the molecule is CC(Cc1ccc(OCCN)cc1)NCCc1cccc(Cl)c1. The van der Waals surface area contributed by atoms with Gasteiger partial charge in [-0.25, -0.2) is 0 Å². The van der Waals surface area contributed by atoms with Crippen molar-refractivity contribution < 1.29 is 4.74 Å². The molecule has 0 saturated heterocycles. The lowest BCUT2D eigenvalue weighted by atomic mass is 10.1. The number of hydrogen-bond acceptors (Lipinski definition) is 3. The van der Waals surface area contributed by atoms with Gasteiger partial charge in [0.15, 0.2) is 0 Å². The summed E-state index contributed by atoms with van der Waals surface area (Å²) in [6.45, 7) is 4.24. The van der Waals surface area contributed by atoms with Crippen LogP contribution in [0.5, 0.6) is 5.75 Å². The quantitative estimate of drug-likeness (QED) is 0.739. The van der Waals surface area contributed by atoms with E-state index in [-0.39, 0.29) is 0 Å². The molecule has 0 spiro atoms. The van der Waals surface area contributed by atoms with Gasteiger partial charge in [0.25, 0.3) is 0 Å². The summed E-state index contributed by atoms with van der Waals surface area (Å²) in [5.41, 5.74) is 7.99. The van der Waals surface area contributed by atoms with Gasteiger partial charge in [0.2, 0.25) is 0 Å². The molecule has 1 atom stereocenters. The second-order valence-corrected chi connectivity index (χ2v) is 6.16. The first-order chi connectivity index (χ1) is 11.2. The van der Waals surface area contributed by atoms with Crippen LogP contribution in [0.25, 0.3) is 0 Å². The van der Waals surface area contributed by atoms with E-state index in [2.05, 4.69) is 30.4 Å². The molecule has 2 aromatic carbocycles. The van der Waals surface area contributed by atoms with Gasteiger partial charge < -0.3 is 15.8 Å². The maximum atomic E-state index is 6.00. The van der Waals surface area contributed by atoms with E-state index < -0.39 is 0 Å². The van der Waals surface area contributed by atoms with Crippen LogP contribution in [0, 0.1) is 0 Å². The van der Waals surface area contributed by atoms with Crippen molar-refractivity contribution in [1.29, 1.82) is 0 Å². The summed E-state index contributed by atoms with van der Waals surface area (Å²) >= 11 is 6.00. The molecule has 3 nitrogen and oxygen atoms in total. The Morgan fingerprint density at radius 1 is 1.13 bits per heavy atom. The van der Waals surface area contributed by atoms with Crippen LogP contribution in [0.2, 0.25) is 5.02 Å². The van der Waals surface area contributed by atoms with Crippen molar-refractivity contribution in [3.8, 4) is 5.75 Å². The first-order valence-corrected chi connectivity index (χ1v) is 8.45. The molecule has 0 heterocycles. The molecular weight excluding hydrogens is 308 g/mol. The standard InChI is InChI=1S/C19H25ClN2O/c1-15(22-11-9-16-3-2-4-18(20)14-16)13-17-5-7-19(8-6-17)23-12-10-21/h2-8,14-15,22H,9-13,21H2,1H3. The Balaban J connectivity index is 1.72. The second-order valence-electron chi connectivity index (χ2n) is 5.72. The minimum Gasteiger partial charge on any atom is -0.492 e. The van der Waals surface area contributed by atoms with Crippen molar-refractivity contribution in [3.05, 3.63) is 64.7 Å². The molecule has 0 aliphatic heterocycles. The molecule has 0 saturated carbocycles. The number of rotatable bonds is 9. The normalized spacial score (nSPS) is 12.1. The van der Waals surface area contributed by atoms with Crippen LogP contribution in [0.15, 0.2) is 48.5 Å². The van der Waals surface area contributed by atoms with Gasteiger partial charge in [0.05, 0.1) is 0 Å². The number of halogens is 1. The summed E-state index contributed by atoms with van der Waals surface area (Å²) in [4.78, 5) is 0. The van der Waals surface area contributed by atoms with E-state index in [0.717, 1.165) is 30.2 Å². The maximum Gasteiger partial charge on any atom is 0.119 e. The summed E-state index contributed by atoms with van der Waals surface area (Å²) in [5, 5.41) is 4.36. The van der Waals surface area contributed by atoms with E-state index in [1.54, 1.807) is 0 Å². The number of hydrogen-bond donors (Lipinski definition) is 2. The van der Waals surface area contributed by atoms with Crippen LogP contribution in [0.3, 0.4) is 0 Å². The van der Waals surface area contributed by atoms with E-state index in [4.69, 9.17) is 22.1 Å². The molecule has 0 aromatic heterocycles. The monoisotopic (exact) mass is 332 g/mol. The Morgan fingerprint density at radius 3 is 2.61 bits per heavy atom. The van der Waals surface area contributed by atoms with Gasteiger partial charge >= 0.3 is 0 Å². The van der Waals surface area contributed by atoms with Gasteiger partial charge in [-0.15, -0.1) is 0 Å². The highest BCUT2D eigenvalue weighted by atomic mass is 35.5. The van der Waals surface area contributed by atoms with Crippen molar-refractivity contribution in [3.63, 3.8) is 0 Å². The molecule has 0 bridgehead atoms. The Labute approximate surface area is 143 Å². The van der Waals surface area contributed by atoms with Gasteiger partial charge in [-0.1, -0.05) is 35.9 Å². The van der Waals surface area contributed by atoms with Gasteiger partial charge in [0.1, 0.15) is 12.4 Å². The van der Waals surface area contributed by atoms with E-state index in [1.165, 1.54) is 11.1 Å². The van der Waals surface area contributed by atoms with E-state index in [9.17, 15) is 0 Å². The second kappa shape index (κ2) is 9.56. The molecule has 4 heteroatoms. The lowest BCUT2D eigenvalue weighted by Crippen LogP contribution is -2.29. The van der Waals surface area contributed by atoms with Crippen LogP contribution >= 0.6 is 11.6 Å². The Morgan fingerprint density at radius 2 is 1.91 bits per heavy atom. The highest BCUT2D eigenvalue weighted by Gasteiger charge is 2.04. The Kier molecular flexibility index (Phi) is 7.40. The minimum atomic E-state index is 0.421. The summed E-state index contributed by atoms with van der Waals surface area (Å²) in [7, 11) is 0. The third-order valence-electron chi connectivity index (χ3n) is 3.65. The molecule has 23 heavy (non-hydrogen) atoms. The molecule has 2 rings (SSSR count). The van der Waals surface area contributed by atoms with E-state index >= 15 is 0 Å². The minimum absolute atomic E-state index is 0.421. The Hall–Kier alpha value is -1.55. The zero-order chi connectivity index (χ0) is 16.5. The molecule has 0 aliphatic rings. The fourth-order valence-corrected chi connectivity index (χ4v) is 2.69. The van der Waals surface area contributed by atoms with Crippen LogP contribution in [0.4, 0.5) is 0 Å². The molecule has 0 amide bonds. The third kappa shape index (κ3) is 6.61. The highest BCUT2D eigenvalue weighted by Crippen LogP contribution is 2.14. The van der Waals surface area contributed by atoms with Crippen molar-refractivity contribution in [2.45, 2.75) is 25.8 Å². The van der Waals surface area contributed by atoms with Crippen molar-refractivity contribution >= 4 is 11.6 Å². The lowest BCUT2D eigenvalue weighted by Gasteiger charge is -2.14. The fraction of sp³-hybridized carbons (Fsp3) is 0.368. The predicted molar refractivity (Wildman–Crippen MR) is 97.3 cm³/mol. The molecule has 2 aromatic rings. The first kappa shape index (κ1) is 17.8. The maximum absolute atomic E-state index is 6.00. The molecule has 124 valence electrons. The average Bonchev–Trinajstić information content (AvgIpc) is 2.54. The van der Waals surface area contributed by atoms with E-state index in [0.29, 0.717) is 19.2 Å². The predicted octanol–water partition coefficient (Wildman–Crippen LogP) is 3.44. The number of nitrogens with two attached hydrogens (primary N) is 1.